The molecule has 0 heterocycles. The Kier molecular flexibility index (Phi) is 9.80. The third-order valence-corrected chi connectivity index (χ3v) is 8.16. The van der Waals surface area contributed by atoms with Crippen molar-refractivity contribution in [3.05, 3.63) is 95.0 Å². The lowest BCUT2D eigenvalue weighted by Crippen LogP contribution is -2.55. The molecule has 0 spiro atoms. The lowest BCUT2D eigenvalue weighted by atomic mass is 10.1. The van der Waals surface area contributed by atoms with Crippen molar-refractivity contribution in [1.29, 1.82) is 0 Å². The number of benzene rings is 3. The van der Waals surface area contributed by atoms with Gasteiger partial charge in [-0.25, -0.2) is 8.42 Å². The maximum atomic E-state index is 13.9. The molecule has 208 valence electrons. The Hall–Kier alpha value is -3.36. The van der Waals surface area contributed by atoms with Crippen LogP contribution in [-0.4, -0.2) is 49.8 Å². The number of carbonyl (C=O) groups is 2. The van der Waals surface area contributed by atoms with Crippen LogP contribution in [0.2, 0.25) is 5.02 Å². The van der Waals surface area contributed by atoms with E-state index in [1.54, 1.807) is 37.3 Å². The van der Waals surface area contributed by atoms with E-state index in [9.17, 15) is 18.0 Å². The van der Waals surface area contributed by atoms with E-state index in [0.29, 0.717) is 11.4 Å². The minimum Gasteiger partial charge on any atom is -0.350 e. The topological polar surface area (TPSA) is 86.8 Å². The first-order chi connectivity index (χ1) is 18.3. The molecule has 0 saturated heterocycles. The van der Waals surface area contributed by atoms with Crippen LogP contribution >= 0.6 is 11.6 Å². The van der Waals surface area contributed by atoms with Crippen LogP contribution in [0.4, 0.5) is 5.69 Å². The molecule has 0 bridgehead atoms. The first kappa shape index (κ1) is 30.2. The second-order valence-electron chi connectivity index (χ2n) is 10.5. The van der Waals surface area contributed by atoms with Gasteiger partial charge in [-0.3, -0.25) is 13.9 Å². The highest BCUT2D eigenvalue weighted by molar-refractivity contribution is 7.92. The van der Waals surface area contributed by atoms with Gasteiger partial charge in [-0.05, 0) is 76.9 Å². The predicted molar refractivity (Wildman–Crippen MR) is 156 cm³/mol. The molecule has 39 heavy (non-hydrogen) atoms. The van der Waals surface area contributed by atoms with Gasteiger partial charge in [0, 0.05) is 17.1 Å². The standard InChI is InChI=1S/C30H36ClN3O4S/c1-22-14-16-27(17-15-22)39(37,38)34(26-13-9-12-25(31)20-26)21-28(35)33(19-18-24-10-7-6-8-11-24)23(2)29(36)32-30(3,4)5/h6-17,20,23H,18-19,21H2,1-5H3,(H,32,36). The highest BCUT2D eigenvalue weighted by atomic mass is 35.5. The molecule has 0 saturated carbocycles. The molecule has 3 aromatic carbocycles. The summed E-state index contributed by atoms with van der Waals surface area (Å²) in [6, 6.07) is 21.6. The van der Waals surface area contributed by atoms with E-state index in [-0.39, 0.29) is 23.0 Å². The number of hydrogen-bond acceptors (Lipinski definition) is 4. The fourth-order valence-electron chi connectivity index (χ4n) is 4.04. The van der Waals surface area contributed by atoms with Gasteiger partial charge in [0.05, 0.1) is 10.6 Å². The third kappa shape index (κ3) is 8.31. The summed E-state index contributed by atoms with van der Waals surface area (Å²) in [5.74, 6) is -0.822. The summed E-state index contributed by atoms with van der Waals surface area (Å²) in [6.45, 7) is 8.84. The number of aryl methyl sites for hydroxylation is 1. The Morgan fingerprint density at radius 2 is 1.59 bits per heavy atom. The largest absolute Gasteiger partial charge is 0.350 e. The number of halogens is 1. The number of hydrogen-bond donors (Lipinski definition) is 1. The zero-order valence-electron chi connectivity index (χ0n) is 23.0. The van der Waals surface area contributed by atoms with Gasteiger partial charge < -0.3 is 10.2 Å². The van der Waals surface area contributed by atoms with Crippen LogP contribution in [0.25, 0.3) is 0 Å². The summed E-state index contributed by atoms with van der Waals surface area (Å²) < 4.78 is 28.7. The first-order valence-corrected chi connectivity index (χ1v) is 14.6. The summed E-state index contributed by atoms with van der Waals surface area (Å²) in [7, 11) is -4.13. The fraction of sp³-hybridized carbons (Fsp3) is 0.333. The smallest absolute Gasteiger partial charge is 0.264 e. The Morgan fingerprint density at radius 3 is 2.18 bits per heavy atom. The van der Waals surface area contributed by atoms with Crippen molar-refractivity contribution in [1.82, 2.24) is 10.2 Å². The molecule has 1 N–H and O–H groups in total. The first-order valence-electron chi connectivity index (χ1n) is 12.8. The van der Waals surface area contributed by atoms with Crippen molar-refractivity contribution in [2.24, 2.45) is 0 Å². The van der Waals surface area contributed by atoms with Crippen LogP contribution in [0.5, 0.6) is 0 Å². The molecule has 9 heteroatoms. The summed E-state index contributed by atoms with van der Waals surface area (Å²) in [6.07, 6.45) is 0.502. The van der Waals surface area contributed by atoms with Gasteiger partial charge in [0.2, 0.25) is 11.8 Å². The van der Waals surface area contributed by atoms with Gasteiger partial charge in [0.25, 0.3) is 10.0 Å². The summed E-state index contributed by atoms with van der Waals surface area (Å²) in [5.41, 5.74) is 1.66. The normalized spacial score (nSPS) is 12.5. The molecule has 7 nitrogen and oxygen atoms in total. The van der Waals surface area contributed by atoms with Crippen molar-refractivity contribution in [2.75, 3.05) is 17.4 Å². The molecule has 0 aliphatic rings. The number of carbonyl (C=O) groups excluding carboxylic acids is 2. The molecule has 0 aliphatic heterocycles. The molecule has 0 fully saturated rings. The van der Waals surface area contributed by atoms with Crippen molar-refractivity contribution in [2.45, 2.75) is 57.5 Å². The molecule has 0 aromatic heterocycles. The Bertz CT molecular complexity index is 1390. The van der Waals surface area contributed by atoms with Gasteiger partial charge in [-0.1, -0.05) is 65.7 Å². The van der Waals surface area contributed by atoms with Crippen molar-refractivity contribution in [3.63, 3.8) is 0 Å². The molecule has 0 aliphatic carbocycles. The van der Waals surface area contributed by atoms with Crippen LogP contribution < -0.4 is 9.62 Å². The predicted octanol–water partition coefficient (Wildman–Crippen LogP) is 5.22. The molecule has 3 aromatic rings. The average molecular weight is 570 g/mol. The van der Waals surface area contributed by atoms with Crippen LogP contribution in [0, 0.1) is 6.92 Å². The molecule has 1 atom stereocenters. The number of nitrogens with zero attached hydrogens (tertiary/aromatic N) is 2. The molecule has 0 radical (unpaired) electrons. The van der Waals surface area contributed by atoms with Gasteiger partial charge in [0.15, 0.2) is 0 Å². The van der Waals surface area contributed by atoms with E-state index in [0.717, 1.165) is 15.4 Å². The molecular formula is C30H36ClN3O4S. The van der Waals surface area contributed by atoms with Crippen molar-refractivity contribution >= 4 is 39.1 Å². The number of amides is 2. The van der Waals surface area contributed by atoms with Gasteiger partial charge in [-0.2, -0.15) is 0 Å². The minimum atomic E-state index is -4.13. The van der Waals surface area contributed by atoms with Gasteiger partial charge >= 0.3 is 0 Å². The Morgan fingerprint density at radius 1 is 0.949 bits per heavy atom. The summed E-state index contributed by atoms with van der Waals surface area (Å²) in [4.78, 5) is 28.5. The van der Waals surface area contributed by atoms with Crippen LogP contribution in [0.15, 0.2) is 83.8 Å². The summed E-state index contributed by atoms with van der Waals surface area (Å²) >= 11 is 6.21. The third-order valence-electron chi connectivity index (χ3n) is 6.13. The van der Waals surface area contributed by atoms with E-state index in [1.165, 1.54) is 23.1 Å². The highest BCUT2D eigenvalue weighted by Crippen LogP contribution is 2.27. The number of rotatable bonds is 10. The lowest BCUT2D eigenvalue weighted by Gasteiger charge is -2.33. The van der Waals surface area contributed by atoms with E-state index in [2.05, 4.69) is 5.32 Å². The molecule has 3 rings (SSSR count). The Balaban J connectivity index is 1.99. The SMILES string of the molecule is Cc1ccc(S(=O)(=O)N(CC(=O)N(CCc2ccccc2)C(C)C(=O)NC(C)(C)C)c2cccc(Cl)c2)cc1. The fourth-order valence-corrected chi connectivity index (χ4v) is 5.63. The van der Waals surface area contributed by atoms with E-state index < -0.39 is 34.1 Å². The monoisotopic (exact) mass is 569 g/mol. The van der Waals surface area contributed by atoms with E-state index in [1.807, 2.05) is 58.0 Å². The molecule has 2 amide bonds. The second-order valence-corrected chi connectivity index (χ2v) is 12.8. The quantitative estimate of drug-likeness (QED) is 0.363. The zero-order valence-corrected chi connectivity index (χ0v) is 24.6. The van der Waals surface area contributed by atoms with Crippen LogP contribution in [0.1, 0.15) is 38.8 Å². The maximum absolute atomic E-state index is 13.9. The van der Waals surface area contributed by atoms with Crippen LogP contribution in [0.3, 0.4) is 0 Å². The average Bonchev–Trinajstić information content (AvgIpc) is 2.87. The van der Waals surface area contributed by atoms with E-state index in [4.69, 9.17) is 11.6 Å². The van der Waals surface area contributed by atoms with E-state index >= 15 is 0 Å². The van der Waals surface area contributed by atoms with Crippen molar-refractivity contribution < 1.29 is 18.0 Å². The lowest BCUT2D eigenvalue weighted by molar-refractivity contribution is -0.139. The number of nitrogens with one attached hydrogen (secondary N) is 1. The second kappa shape index (κ2) is 12.7. The van der Waals surface area contributed by atoms with Crippen molar-refractivity contribution in [3.8, 4) is 0 Å². The number of anilines is 1. The minimum absolute atomic E-state index is 0.0511. The maximum Gasteiger partial charge on any atom is 0.264 e. The Labute approximate surface area is 236 Å². The molecule has 1 unspecified atom stereocenters. The zero-order chi connectivity index (χ0) is 28.8. The van der Waals surface area contributed by atoms with Gasteiger partial charge in [0.1, 0.15) is 12.6 Å². The van der Waals surface area contributed by atoms with Gasteiger partial charge in [-0.15, -0.1) is 0 Å². The molecular weight excluding hydrogens is 534 g/mol. The number of sulfonamides is 1. The summed E-state index contributed by atoms with van der Waals surface area (Å²) in [5, 5.41) is 3.26. The highest BCUT2D eigenvalue weighted by Gasteiger charge is 2.33. The van der Waals surface area contributed by atoms with Crippen LogP contribution in [-0.2, 0) is 26.0 Å².